The molecule has 1 unspecified atom stereocenters. The van der Waals surface area contributed by atoms with Gasteiger partial charge in [-0.05, 0) is 25.0 Å². The Morgan fingerprint density at radius 3 is 2.86 bits per heavy atom. The fourth-order valence-electron chi connectivity index (χ4n) is 2.06. The Bertz CT molecular complexity index is 318. The molecule has 3 N–H and O–H groups in total. The number of hydrogen-bond donors (Lipinski definition) is 2. The Hall–Kier alpha value is -1.22. The minimum atomic E-state index is -0.200. The zero-order valence-electron chi connectivity index (χ0n) is 8.40. The molecule has 0 aromatic heterocycles. The van der Waals surface area contributed by atoms with E-state index in [1.165, 1.54) is 5.56 Å². The number of benzene rings is 1. The van der Waals surface area contributed by atoms with Crippen molar-refractivity contribution in [2.45, 2.75) is 19.4 Å². The molecule has 0 bridgehead atoms. The highest BCUT2D eigenvalue weighted by Gasteiger charge is 2.22. The first-order valence-corrected chi connectivity index (χ1v) is 4.96. The molecule has 3 nitrogen and oxygen atoms in total. The fraction of sp³-hybridized carbons (Fsp3) is 0.455. The van der Waals surface area contributed by atoms with E-state index in [9.17, 15) is 5.11 Å². The Morgan fingerprint density at radius 2 is 2.29 bits per heavy atom. The summed E-state index contributed by atoms with van der Waals surface area (Å²) in [5, 5.41) is 9.46. The van der Waals surface area contributed by atoms with E-state index < -0.39 is 0 Å². The van der Waals surface area contributed by atoms with Crippen molar-refractivity contribution in [3.63, 3.8) is 0 Å². The molecule has 0 saturated carbocycles. The highest BCUT2D eigenvalue weighted by atomic mass is 16.3. The molecule has 3 heteroatoms. The van der Waals surface area contributed by atoms with E-state index in [2.05, 4.69) is 17.9 Å². The molecule has 1 aliphatic rings. The first-order chi connectivity index (χ1) is 6.68. The number of nitrogens with two attached hydrogens (primary N) is 1. The molecule has 1 heterocycles. The van der Waals surface area contributed by atoms with Crippen LogP contribution >= 0.6 is 0 Å². The molecule has 14 heavy (non-hydrogen) atoms. The second kappa shape index (κ2) is 3.50. The normalized spacial score (nSPS) is 21.6. The van der Waals surface area contributed by atoms with Crippen LogP contribution in [0.3, 0.4) is 0 Å². The molecule has 1 atom stereocenters. The number of aliphatic hydroxyl groups is 1. The summed E-state index contributed by atoms with van der Waals surface area (Å²) in [7, 11) is 0. The van der Waals surface area contributed by atoms with E-state index in [-0.39, 0.29) is 6.10 Å². The van der Waals surface area contributed by atoms with Crippen molar-refractivity contribution in [3.8, 4) is 0 Å². The maximum absolute atomic E-state index is 9.46. The number of aliphatic hydroxyl groups excluding tert-OH is 1. The lowest BCUT2D eigenvalue weighted by molar-refractivity contribution is 0.198. The molecule has 2 rings (SSSR count). The van der Waals surface area contributed by atoms with Gasteiger partial charge in [-0.15, -0.1) is 0 Å². The standard InChI is InChI=1S/C11H16N2O/c1-8-3-2-4-10(12)11(8)13-6-5-9(14)7-13/h2-4,9,14H,5-7,12H2,1H3. The van der Waals surface area contributed by atoms with Crippen molar-refractivity contribution in [2.75, 3.05) is 23.7 Å². The summed E-state index contributed by atoms with van der Waals surface area (Å²) in [5.41, 5.74) is 8.99. The molecule has 0 amide bonds. The molecule has 0 radical (unpaired) electrons. The van der Waals surface area contributed by atoms with Crippen LogP contribution in [0.1, 0.15) is 12.0 Å². The van der Waals surface area contributed by atoms with Crippen molar-refractivity contribution in [1.29, 1.82) is 0 Å². The van der Waals surface area contributed by atoms with Gasteiger partial charge in [0.15, 0.2) is 0 Å². The summed E-state index contributed by atoms with van der Waals surface area (Å²) in [5.74, 6) is 0. The number of nitrogen functional groups attached to an aromatic ring is 1. The van der Waals surface area contributed by atoms with Crippen molar-refractivity contribution in [2.24, 2.45) is 0 Å². The third kappa shape index (κ3) is 1.55. The Morgan fingerprint density at radius 1 is 1.50 bits per heavy atom. The average molecular weight is 192 g/mol. The number of hydrogen-bond acceptors (Lipinski definition) is 3. The lowest BCUT2D eigenvalue weighted by atomic mass is 10.1. The summed E-state index contributed by atoms with van der Waals surface area (Å²) in [6.07, 6.45) is 0.641. The van der Waals surface area contributed by atoms with Crippen LogP contribution in [0.15, 0.2) is 18.2 Å². The number of β-amino-alcohol motifs (C(OH)–C–C–N with tert-alkyl or cyclic N) is 1. The third-order valence-electron chi connectivity index (χ3n) is 2.75. The molecule has 0 spiro atoms. The second-order valence-electron chi connectivity index (χ2n) is 3.90. The van der Waals surface area contributed by atoms with Gasteiger partial charge in [-0.3, -0.25) is 0 Å². The zero-order valence-corrected chi connectivity index (χ0v) is 8.40. The number of aryl methyl sites for hydroxylation is 1. The van der Waals surface area contributed by atoms with Crippen LogP contribution in [0, 0.1) is 6.92 Å². The molecular formula is C11H16N2O. The topological polar surface area (TPSA) is 49.5 Å². The minimum absolute atomic E-state index is 0.200. The monoisotopic (exact) mass is 192 g/mol. The van der Waals surface area contributed by atoms with Crippen molar-refractivity contribution in [1.82, 2.24) is 0 Å². The lowest BCUT2D eigenvalue weighted by Crippen LogP contribution is -2.23. The molecule has 1 fully saturated rings. The van der Waals surface area contributed by atoms with Gasteiger partial charge in [0.05, 0.1) is 17.5 Å². The summed E-state index contributed by atoms with van der Waals surface area (Å²) < 4.78 is 0. The van der Waals surface area contributed by atoms with Gasteiger partial charge in [0.25, 0.3) is 0 Å². The maximum atomic E-state index is 9.46. The second-order valence-corrected chi connectivity index (χ2v) is 3.90. The highest BCUT2D eigenvalue weighted by Crippen LogP contribution is 2.29. The van der Waals surface area contributed by atoms with Gasteiger partial charge in [-0.2, -0.15) is 0 Å². The highest BCUT2D eigenvalue weighted by molar-refractivity contribution is 5.71. The van der Waals surface area contributed by atoms with E-state index in [1.807, 2.05) is 12.1 Å². The zero-order chi connectivity index (χ0) is 10.1. The molecule has 76 valence electrons. The molecular weight excluding hydrogens is 176 g/mol. The molecule has 1 saturated heterocycles. The van der Waals surface area contributed by atoms with Crippen LogP contribution in [0.4, 0.5) is 11.4 Å². The van der Waals surface area contributed by atoms with Crippen molar-refractivity contribution >= 4 is 11.4 Å². The van der Waals surface area contributed by atoms with Gasteiger partial charge >= 0.3 is 0 Å². The van der Waals surface area contributed by atoms with Crippen LogP contribution in [-0.4, -0.2) is 24.3 Å². The van der Waals surface area contributed by atoms with Gasteiger partial charge in [-0.1, -0.05) is 12.1 Å². The van der Waals surface area contributed by atoms with Crippen LogP contribution < -0.4 is 10.6 Å². The molecule has 1 aromatic carbocycles. The van der Waals surface area contributed by atoms with Crippen molar-refractivity contribution < 1.29 is 5.11 Å². The van der Waals surface area contributed by atoms with Crippen LogP contribution in [0.5, 0.6) is 0 Å². The quantitative estimate of drug-likeness (QED) is 0.656. The van der Waals surface area contributed by atoms with Gasteiger partial charge in [0.1, 0.15) is 0 Å². The van der Waals surface area contributed by atoms with Crippen LogP contribution in [0.25, 0.3) is 0 Å². The average Bonchev–Trinajstić information content (AvgIpc) is 2.51. The predicted octanol–water partition coefficient (Wildman–Crippen LogP) is 1.15. The molecule has 0 aliphatic carbocycles. The fourth-order valence-corrected chi connectivity index (χ4v) is 2.06. The summed E-state index contributed by atoms with van der Waals surface area (Å²) in [6, 6.07) is 5.92. The molecule has 1 aromatic rings. The number of nitrogens with zero attached hydrogens (tertiary/aromatic N) is 1. The van der Waals surface area contributed by atoms with E-state index in [0.29, 0.717) is 6.54 Å². The Kier molecular flexibility index (Phi) is 2.33. The van der Waals surface area contributed by atoms with Gasteiger partial charge in [0, 0.05) is 13.1 Å². The summed E-state index contributed by atoms with van der Waals surface area (Å²) in [6.45, 7) is 3.65. The number of anilines is 2. The largest absolute Gasteiger partial charge is 0.397 e. The van der Waals surface area contributed by atoms with Gasteiger partial charge in [0.2, 0.25) is 0 Å². The lowest BCUT2D eigenvalue weighted by Gasteiger charge is -2.22. The number of rotatable bonds is 1. The Balaban J connectivity index is 2.31. The van der Waals surface area contributed by atoms with E-state index >= 15 is 0 Å². The van der Waals surface area contributed by atoms with E-state index in [1.54, 1.807) is 0 Å². The smallest absolute Gasteiger partial charge is 0.0731 e. The summed E-state index contributed by atoms with van der Waals surface area (Å²) in [4.78, 5) is 2.16. The van der Waals surface area contributed by atoms with Crippen molar-refractivity contribution in [3.05, 3.63) is 23.8 Å². The Labute approximate surface area is 84.1 Å². The summed E-state index contributed by atoms with van der Waals surface area (Å²) >= 11 is 0. The van der Waals surface area contributed by atoms with Gasteiger partial charge in [-0.25, -0.2) is 0 Å². The van der Waals surface area contributed by atoms with Crippen LogP contribution in [0.2, 0.25) is 0 Å². The maximum Gasteiger partial charge on any atom is 0.0731 e. The van der Waals surface area contributed by atoms with E-state index in [0.717, 1.165) is 24.3 Å². The number of para-hydroxylation sites is 1. The first-order valence-electron chi connectivity index (χ1n) is 4.96. The first kappa shape index (κ1) is 9.34. The minimum Gasteiger partial charge on any atom is -0.397 e. The van der Waals surface area contributed by atoms with Gasteiger partial charge < -0.3 is 15.7 Å². The van der Waals surface area contributed by atoms with Crippen LogP contribution in [-0.2, 0) is 0 Å². The van der Waals surface area contributed by atoms with E-state index in [4.69, 9.17) is 5.73 Å². The molecule has 1 aliphatic heterocycles. The predicted molar refractivity (Wildman–Crippen MR) is 58.4 cm³/mol. The SMILES string of the molecule is Cc1cccc(N)c1N1CCC(O)C1. The third-order valence-corrected chi connectivity index (χ3v) is 2.75.